The van der Waals surface area contributed by atoms with Crippen LogP contribution in [0.4, 0.5) is 5.82 Å². The predicted octanol–water partition coefficient (Wildman–Crippen LogP) is 4.67. The molecule has 0 radical (unpaired) electrons. The zero-order valence-electron chi connectivity index (χ0n) is 20.2. The molecule has 1 aliphatic heterocycles. The zero-order chi connectivity index (χ0) is 25.2. The summed E-state index contributed by atoms with van der Waals surface area (Å²) in [5.41, 5.74) is 4.19. The molecule has 0 saturated carbocycles. The van der Waals surface area contributed by atoms with Crippen LogP contribution in [0.25, 0.3) is 0 Å². The van der Waals surface area contributed by atoms with E-state index in [1.54, 1.807) is 24.3 Å². The molecule has 2 N–H and O–H groups in total. The summed E-state index contributed by atoms with van der Waals surface area (Å²) in [5.74, 6) is 1.76. The monoisotopic (exact) mass is 519 g/mol. The van der Waals surface area contributed by atoms with Crippen molar-refractivity contribution >= 4 is 40.8 Å². The Morgan fingerprint density at radius 3 is 2.74 bits per heavy atom. The van der Waals surface area contributed by atoms with E-state index in [1.165, 1.54) is 6.20 Å². The van der Waals surface area contributed by atoms with Crippen molar-refractivity contribution in [3.63, 3.8) is 0 Å². The smallest absolute Gasteiger partial charge is 0.258 e. The second-order valence-electron chi connectivity index (χ2n) is 8.37. The van der Waals surface area contributed by atoms with Crippen LogP contribution >= 0.6 is 23.2 Å². The molecule has 0 unspecified atom stereocenters. The van der Waals surface area contributed by atoms with Crippen LogP contribution < -0.4 is 20.4 Å². The number of hydrogen-bond donors (Lipinski definition) is 2. The van der Waals surface area contributed by atoms with Crippen molar-refractivity contribution in [2.75, 3.05) is 37.8 Å². The van der Waals surface area contributed by atoms with E-state index in [-0.39, 0.29) is 5.91 Å². The fourth-order valence-corrected chi connectivity index (χ4v) is 3.79. The van der Waals surface area contributed by atoms with Crippen molar-refractivity contribution in [2.24, 2.45) is 11.0 Å². The Balaban J connectivity index is 1.66. The number of morpholine rings is 1. The molecule has 1 aliphatic rings. The second-order valence-corrected chi connectivity index (χ2v) is 9.22. The molecular weight excluding hydrogens is 489 g/mol. The van der Waals surface area contributed by atoms with Gasteiger partial charge in [0, 0.05) is 29.9 Å². The Labute approximate surface area is 216 Å². The van der Waals surface area contributed by atoms with Gasteiger partial charge in [-0.25, -0.2) is 4.98 Å². The van der Waals surface area contributed by atoms with Gasteiger partial charge in [0.05, 0.1) is 37.0 Å². The van der Waals surface area contributed by atoms with Crippen molar-refractivity contribution in [1.29, 1.82) is 0 Å². The van der Waals surface area contributed by atoms with Gasteiger partial charge >= 0.3 is 0 Å². The fraction of sp³-hybridized carbons (Fsp3) is 0.400. The molecule has 1 aromatic heterocycles. The van der Waals surface area contributed by atoms with Gasteiger partial charge in [0.1, 0.15) is 11.6 Å². The van der Waals surface area contributed by atoms with Crippen LogP contribution in [0.5, 0.6) is 5.75 Å². The highest BCUT2D eigenvalue weighted by molar-refractivity contribution is 6.33. The van der Waals surface area contributed by atoms with Crippen LogP contribution in [-0.2, 0) is 11.3 Å². The van der Waals surface area contributed by atoms with Gasteiger partial charge in [-0.1, -0.05) is 43.1 Å². The summed E-state index contributed by atoms with van der Waals surface area (Å²) in [6.07, 6.45) is 4.98. The number of ether oxygens (including phenoxy) is 2. The zero-order valence-corrected chi connectivity index (χ0v) is 21.7. The van der Waals surface area contributed by atoms with E-state index < -0.39 is 0 Å². The van der Waals surface area contributed by atoms with Crippen LogP contribution in [0.3, 0.4) is 0 Å². The number of aromatic nitrogens is 1. The lowest BCUT2D eigenvalue weighted by Crippen LogP contribution is -2.37. The van der Waals surface area contributed by atoms with Gasteiger partial charge in [-0.2, -0.15) is 5.10 Å². The van der Waals surface area contributed by atoms with Gasteiger partial charge < -0.3 is 25.1 Å². The molecule has 0 bridgehead atoms. The van der Waals surface area contributed by atoms with E-state index in [1.807, 2.05) is 24.0 Å². The number of halogens is 2. The number of amidine groups is 1. The van der Waals surface area contributed by atoms with Gasteiger partial charge in [-0.3, -0.25) is 4.79 Å². The SMILES string of the molecule is C/C=C/C(=N\NCc1cc(Cl)ccc1OCC(C)C)NC(=O)c1cnc(N2CCOCC2)c(Cl)c1. The number of allylic oxidation sites excluding steroid dienone is 1. The topological polar surface area (TPSA) is 88.1 Å². The van der Waals surface area contributed by atoms with Crippen LogP contribution in [0.1, 0.15) is 36.7 Å². The minimum Gasteiger partial charge on any atom is -0.493 e. The molecule has 10 heteroatoms. The summed E-state index contributed by atoms with van der Waals surface area (Å²) in [6.45, 7) is 9.63. The lowest BCUT2D eigenvalue weighted by Gasteiger charge is -2.28. The Morgan fingerprint density at radius 2 is 2.06 bits per heavy atom. The van der Waals surface area contributed by atoms with Crippen LogP contribution in [0, 0.1) is 5.92 Å². The normalized spacial score (nSPS) is 14.5. The highest BCUT2D eigenvalue weighted by Crippen LogP contribution is 2.25. The number of carbonyl (C=O) groups excluding carboxylic acids is 1. The fourth-order valence-electron chi connectivity index (χ4n) is 3.31. The first-order chi connectivity index (χ1) is 16.9. The molecular formula is C25H31Cl2N5O3. The number of rotatable bonds is 9. The molecule has 3 rings (SSSR count). The molecule has 8 nitrogen and oxygen atoms in total. The maximum atomic E-state index is 12.8. The molecule has 1 saturated heterocycles. The average Bonchev–Trinajstić information content (AvgIpc) is 2.84. The highest BCUT2D eigenvalue weighted by atomic mass is 35.5. The molecule has 0 spiro atoms. The molecule has 0 aliphatic carbocycles. The lowest BCUT2D eigenvalue weighted by molar-refractivity contribution is 0.0976. The molecule has 1 amide bonds. The van der Waals surface area contributed by atoms with Gasteiger partial charge in [-0.05, 0) is 43.2 Å². The van der Waals surface area contributed by atoms with Crippen molar-refractivity contribution in [1.82, 2.24) is 15.7 Å². The molecule has 35 heavy (non-hydrogen) atoms. The third-order valence-electron chi connectivity index (χ3n) is 5.02. The first-order valence-corrected chi connectivity index (χ1v) is 12.3. The number of benzene rings is 1. The number of amides is 1. The Kier molecular flexibility index (Phi) is 10.2. The van der Waals surface area contributed by atoms with Crippen molar-refractivity contribution < 1.29 is 14.3 Å². The quantitative estimate of drug-likeness (QED) is 0.284. The van der Waals surface area contributed by atoms with Crippen LogP contribution in [0.2, 0.25) is 10.0 Å². The molecule has 1 aromatic carbocycles. The maximum absolute atomic E-state index is 12.8. The summed E-state index contributed by atoms with van der Waals surface area (Å²) in [7, 11) is 0. The third-order valence-corrected chi connectivity index (χ3v) is 5.54. The van der Waals surface area contributed by atoms with Crippen LogP contribution in [-0.4, -0.2) is 49.6 Å². The standard InChI is InChI=1S/C25H31Cl2N5O3/c1-4-5-23(31-29-15-18-12-20(26)6-7-22(18)35-16-17(2)3)30-25(33)19-13-21(27)24(28-14-19)32-8-10-34-11-9-32/h4-7,12-14,17,29H,8-11,15-16H2,1-3H3,(H,30,31,33)/b5-4+. The van der Waals surface area contributed by atoms with E-state index in [0.29, 0.717) is 72.6 Å². The van der Waals surface area contributed by atoms with Crippen LogP contribution in [0.15, 0.2) is 47.7 Å². The largest absolute Gasteiger partial charge is 0.493 e. The van der Waals surface area contributed by atoms with E-state index in [9.17, 15) is 4.79 Å². The minimum atomic E-state index is -0.365. The maximum Gasteiger partial charge on any atom is 0.258 e. The molecule has 1 fully saturated rings. The summed E-state index contributed by atoms with van der Waals surface area (Å²) < 4.78 is 11.3. The Morgan fingerprint density at radius 1 is 1.29 bits per heavy atom. The summed E-state index contributed by atoms with van der Waals surface area (Å²) in [6, 6.07) is 7.08. The van der Waals surface area contributed by atoms with Crippen molar-refractivity contribution in [3.05, 3.63) is 63.8 Å². The third kappa shape index (κ3) is 8.13. The lowest BCUT2D eigenvalue weighted by atomic mass is 10.2. The Hall–Kier alpha value is -2.81. The predicted molar refractivity (Wildman–Crippen MR) is 141 cm³/mol. The molecule has 2 heterocycles. The van der Waals surface area contributed by atoms with Gasteiger partial charge in [0.2, 0.25) is 0 Å². The minimum absolute atomic E-state index is 0.337. The number of hydrazone groups is 1. The molecule has 0 atom stereocenters. The number of carbonyl (C=O) groups is 1. The number of hydrogen-bond acceptors (Lipinski definition) is 7. The van der Waals surface area contributed by atoms with Gasteiger partial charge in [-0.15, -0.1) is 0 Å². The Bertz CT molecular complexity index is 1070. The average molecular weight is 520 g/mol. The van der Waals surface area contributed by atoms with E-state index >= 15 is 0 Å². The van der Waals surface area contributed by atoms with Gasteiger partial charge in [0.25, 0.3) is 5.91 Å². The molecule has 2 aromatic rings. The number of nitrogens with zero attached hydrogens (tertiary/aromatic N) is 3. The van der Waals surface area contributed by atoms with Crippen molar-refractivity contribution in [3.8, 4) is 5.75 Å². The van der Waals surface area contributed by atoms with E-state index in [4.69, 9.17) is 32.7 Å². The first-order valence-electron chi connectivity index (χ1n) is 11.5. The van der Waals surface area contributed by atoms with Gasteiger partial charge in [0.15, 0.2) is 5.84 Å². The highest BCUT2D eigenvalue weighted by Gasteiger charge is 2.18. The van der Waals surface area contributed by atoms with E-state index in [2.05, 4.69) is 34.7 Å². The van der Waals surface area contributed by atoms with Crippen molar-refractivity contribution in [2.45, 2.75) is 27.3 Å². The number of pyridine rings is 1. The summed E-state index contributed by atoms with van der Waals surface area (Å²) in [5, 5.41) is 8.13. The second kappa shape index (κ2) is 13.3. The summed E-state index contributed by atoms with van der Waals surface area (Å²) in [4.78, 5) is 19.3. The molecule has 188 valence electrons. The first kappa shape index (κ1) is 26.8. The summed E-state index contributed by atoms with van der Waals surface area (Å²) >= 11 is 12.6. The number of nitrogens with one attached hydrogen (secondary N) is 2. The number of anilines is 1. The van der Waals surface area contributed by atoms with E-state index in [0.717, 1.165) is 11.3 Å².